The van der Waals surface area contributed by atoms with E-state index in [4.69, 9.17) is 5.26 Å². The van der Waals surface area contributed by atoms with Crippen molar-refractivity contribution in [1.29, 1.82) is 5.26 Å². The van der Waals surface area contributed by atoms with E-state index in [0.717, 1.165) is 12.1 Å². The zero-order valence-electron chi connectivity index (χ0n) is 10.8. The van der Waals surface area contributed by atoms with Gasteiger partial charge in [0, 0.05) is 11.6 Å². The van der Waals surface area contributed by atoms with Crippen molar-refractivity contribution in [3.05, 3.63) is 52.5 Å². The number of nitrogens with zero attached hydrogens (tertiary/aromatic N) is 4. The van der Waals surface area contributed by atoms with Crippen LogP contribution >= 0.6 is 15.9 Å². The Bertz CT molecular complexity index is 909. The van der Waals surface area contributed by atoms with E-state index in [1.807, 2.05) is 6.07 Å². The third-order valence-electron chi connectivity index (χ3n) is 3.08. The second kappa shape index (κ2) is 5.10. The zero-order valence-corrected chi connectivity index (χ0v) is 12.4. The maximum Gasteiger partial charge on any atom is 0.416 e. The molecule has 0 fully saturated rings. The van der Waals surface area contributed by atoms with Crippen LogP contribution in [-0.4, -0.2) is 14.5 Å². The van der Waals surface area contributed by atoms with Crippen LogP contribution in [0.25, 0.3) is 16.7 Å². The zero-order chi connectivity index (χ0) is 15.9. The largest absolute Gasteiger partial charge is 0.416 e. The molecular weight excluding hydrogens is 361 g/mol. The standard InChI is InChI=1S/C14H6BrF3N4/c15-12-7-20-10(6-19)13(21-12)22-4-3-8-5-9(14(16,17)18)1-2-11(8)22/h1-5,7H. The Morgan fingerprint density at radius 1 is 1.23 bits per heavy atom. The molecule has 0 amide bonds. The van der Waals surface area contributed by atoms with Gasteiger partial charge >= 0.3 is 6.18 Å². The molecule has 0 saturated heterocycles. The van der Waals surface area contributed by atoms with Crippen molar-refractivity contribution in [3.63, 3.8) is 0 Å². The predicted molar refractivity (Wildman–Crippen MR) is 76.3 cm³/mol. The molecule has 0 saturated carbocycles. The van der Waals surface area contributed by atoms with Crippen molar-refractivity contribution in [2.75, 3.05) is 0 Å². The molecule has 2 aromatic heterocycles. The SMILES string of the molecule is N#Cc1ncc(Br)nc1-n1ccc2cc(C(F)(F)F)ccc21. The van der Waals surface area contributed by atoms with Gasteiger partial charge in [-0.05, 0) is 40.2 Å². The molecule has 110 valence electrons. The van der Waals surface area contributed by atoms with Crippen molar-refractivity contribution in [3.8, 4) is 11.9 Å². The van der Waals surface area contributed by atoms with E-state index in [9.17, 15) is 13.2 Å². The first-order valence-electron chi connectivity index (χ1n) is 6.01. The smallest absolute Gasteiger partial charge is 0.299 e. The van der Waals surface area contributed by atoms with E-state index in [1.54, 1.807) is 6.20 Å². The number of fused-ring (bicyclic) bond motifs is 1. The molecule has 0 spiro atoms. The summed E-state index contributed by atoms with van der Waals surface area (Å²) in [6.45, 7) is 0. The summed E-state index contributed by atoms with van der Waals surface area (Å²) in [4.78, 5) is 8.13. The van der Waals surface area contributed by atoms with E-state index in [1.165, 1.54) is 22.9 Å². The van der Waals surface area contributed by atoms with E-state index >= 15 is 0 Å². The molecule has 0 bridgehead atoms. The monoisotopic (exact) mass is 366 g/mol. The Morgan fingerprint density at radius 2 is 2.00 bits per heavy atom. The lowest BCUT2D eigenvalue weighted by atomic mass is 10.1. The van der Waals surface area contributed by atoms with Crippen molar-refractivity contribution in [2.45, 2.75) is 6.18 Å². The van der Waals surface area contributed by atoms with Crippen LogP contribution in [0.3, 0.4) is 0 Å². The fourth-order valence-corrected chi connectivity index (χ4v) is 2.38. The van der Waals surface area contributed by atoms with Crippen molar-refractivity contribution in [1.82, 2.24) is 14.5 Å². The Morgan fingerprint density at radius 3 is 2.68 bits per heavy atom. The molecule has 1 aromatic carbocycles. The highest BCUT2D eigenvalue weighted by Gasteiger charge is 2.30. The maximum absolute atomic E-state index is 12.7. The molecule has 4 nitrogen and oxygen atoms in total. The lowest BCUT2D eigenvalue weighted by molar-refractivity contribution is -0.137. The van der Waals surface area contributed by atoms with Crippen LogP contribution in [-0.2, 0) is 6.18 Å². The quantitative estimate of drug-likeness (QED) is 0.652. The minimum absolute atomic E-state index is 0.0839. The summed E-state index contributed by atoms with van der Waals surface area (Å²) in [6.07, 6.45) is -1.46. The molecular formula is C14H6BrF3N4. The van der Waals surface area contributed by atoms with Gasteiger partial charge in [-0.1, -0.05) is 0 Å². The van der Waals surface area contributed by atoms with E-state index in [-0.39, 0.29) is 11.5 Å². The highest BCUT2D eigenvalue weighted by Crippen LogP contribution is 2.32. The first-order chi connectivity index (χ1) is 10.4. The Kier molecular flexibility index (Phi) is 3.37. The van der Waals surface area contributed by atoms with Gasteiger partial charge in [-0.3, -0.25) is 4.57 Å². The van der Waals surface area contributed by atoms with Crippen LogP contribution in [0, 0.1) is 11.3 Å². The number of nitriles is 1. The molecule has 3 aromatic rings. The molecule has 2 heterocycles. The lowest BCUT2D eigenvalue weighted by Crippen LogP contribution is -2.05. The van der Waals surface area contributed by atoms with Gasteiger partial charge in [0.15, 0.2) is 11.5 Å². The molecule has 0 aliphatic heterocycles. The van der Waals surface area contributed by atoms with E-state index in [2.05, 4.69) is 25.9 Å². The highest BCUT2D eigenvalue weighted by molar-refractivity contribution is 9.10. The summed E-state index contributed by atoms with van der Waals surface area (Å²) in [7, 11) is 0. The Labute approximate surface area is 131 Å². The summed E-state index contributed by atoms with van der Waals surface area (Å²) in [6, 6.07) is 6.86. The topological polar surface area (TPSA) is 54.5 Å². The number of benzene rings is 1. The van der Waals surface area contributed by atoms with Gasteiger partial charge in [-0.25, -0.2) is 9.97 Å². The molecule has 0 aliphatic carbocycles. The van der Waals surface area contributed by atoms with Crippen LogP contribution in [0.1, 0.15) is 11.3 Å². The van der Waals surface area contributed by atoms with Crippen LogP contribution < -0.4 is 0 Å². The number of alkyl halides is 3. The van der Waals surface area contributed by atoms with Crippen LogP contribution in [0.5, 0.6) is 0 Å². The average Bonchev–Trinajstić information content (AvgIpc) is 2.89. The molecule has 0 radical (unpaired) electrons. The molecule has 0 N–H and O–H groups in total. The van der Waals surface area contributed by atoms with Gasteiger partial charge < -0.3 is 0 Å². The summed E-state index contributed by atoms with van der Waals surface area (Å²) in [5.74, 6) is 0.256. The molecule has 22 heavy (non-hydrogen) atoms. The molecule has 0 atom stereocenters. The number of aromatic nitrogens is 3. The highest BCUT2D eigenvalue weighted by atomic mass is 79.9. The van der Waals surface area contributed by atoms with Crippen LogP contribution in [0.4, 0.5) is 13.2 Å². The first kappa shape index (κ1) is 14.5. The summed E-state index contributed by atoms with van der Waals surface area (Å²) < 4.78 is 40.2. The number of hydrogen-bond donors (Lipinski definition) is 0. The minimum Gasteiger partial charge on any atom is -0.299 e. The van der Waals surface area contributed by atoms with E-state index < -0.39 is 11.7 Å². The fraction of sp³-hybridized carbons (Fsp3) is 0.0714. The Balaban J connectivity index is 2.22. The third-order valence-corrected chi connectivity index (χ3v) is 3.46. The summed E-state index contributed by atoms with van der Waals surface area (Å²) in [5, 5.41) is 9.50. The normalized spacial score (nSPS) is 11.6. The number of hydrogen-bond acceptors (Lipinski definition) is 3. The minimum atomic E-state index is -4.40. The van der Waals surface area contributed by atoms with E-state index in [0.29, 0.717) is 15.5 Å². The predicted octanol–water partition coefficient (Wildman–Crippen LogP) is 4.07. The summed E-state index contributed by atoms with van der Waals surface area (Å²) >= 11 is 3.17. The average molecular weight is 367 g/mol. The molecule has 8 heteroatoms. The molecule has 0 aliphatic rings. The fourth-order valence-electron chi connectivity index (χ4n) is 2.11. The number of halogens is 4. The van der Waals surface area contributed by atoms with Gasteiger partial charge in [0.25, 0.3) is 0 Å². The molecule has 3 rings (SSSR count). The molecule has 0 unspecified atom stereocenters. The van der Waals surface area contributed by atoms with Crippen molar-refractivity contribution >= 4 is 26.8 Å². The Hall–Kier alpha value is -2.40. The summed E-state index contributed by atoms with van der Waals surface area (Å²) in [5.41, 5.74) is -0.129. The van der Waals surface area contributed by atoms with Gasteiger partial charge in [0.2, 0.25) is 0 Å². The van der Waals surface area contributed by atoms with Crippen LogP contribution in [0.2, 0.25) is 0 Å². The van der Waals surface area contributed by atoms with Crippen LogP contribution in [0.15, 0.2) is 41.3 Å². The van der Waals surface area contributed by atoms with Gasteiger partial charge in [-0.15, -0.1) is 0 Å². The van der Waals surface area contributed by atoms with Gasteiger partial charge in [0.1, 0.15) is 10.7 Å². The van der Waals surface area contributed by atoms with Gasteiger partial charge in [-0.2, -0.15) is 18.4 Å². The lowest BCUT2D eigenvalue weighted by Gasteiger charge is -2.08. The second-order valence-electron chi connectivity index (χ2n) is 4.43. The van der Waals surface area contributed by atoms with Gasteiger partial charge in [0.05, 0.1) is 17.3 Å². The van der Waals surface area contributed by atoms with Crippen molar-refractivity contribution in [2.24, 2.45) is 0 Å². The maximum atomic E-state index is 12.7. The number of rotatable bonds is 1. The van der Waals surface area contributed by atoms with Crippen molar-refractivity contribution < 1.29 is 13.2 Å². The third kappa shape index (κ3) is 2.44. The first-order valence-corrected chi connectivity index (χ1v) is 6.81. The second-order valence-corrected chi connectivity index (χ2v) is 5.25.